The SMILES string of the molecule is NC(=O)c1ccc(CNCC2CCC(O)CC2)cc1. The van der Waals surface area contributed by atoms with Crippen molar-refractivity contribution in [3.8, 4) is 0 Å². The minimum absolute atomic E-state index is 0.0856. The van der Waals surface area contributed by atoms with Gasteiger partial charge in [0.25, 0.3) is 0 Å². The number of aliphatic hydroxyl groups is 1. The van der Waals surface area contributed by atoms with Gasteiger partial charge in [0.05, 0.1) is 6.10 Å². The van der Waals surface area contributed by atoms with Crippen LogP contribution >= 0.6 is 0 Å². The minimum atomic E-state index is -0.389. The van der Waals surface area contributed by atoms with Gasteiger partial charge in [-0.05, 0) is 55.8 Å². The van der Waals surface area contributed by atoms with Crippen molar-refractivity contribution in [2.45, 2.75) is 38.3 Å². The molecule has 0 atom stereocenters. The van der Waals surface area contributed by atoms with E-state index in [1.165, 1.54) is 0 Å². The predicted octanol–water partition coefficient (Wildman–Crippen LogP) is 1.43. The molecule has 19 heavy (non-hydrogen) atoms. The fourth-order valence-electron chi connectivity index (χ4n) is 2.56. The Morgan fingerprint density at radius 3 is 2.42 bits per heavy atom. The van der Waals surface area contributed by atoms with E-state index in [0.717, 1.165) is 44.3 Å². The number of carbonyl (C=O) groups is 1. The molecule has 0 aliphatic heterocycles. The van der Waals surface area contributed by atoms with Crippen LogP contribution in [0.25, 0.3) is 0 Å². The highest BCUT2D eigenvalue weighted by atomic mass is 16.3. The standard InChI is InChI=1S/C15H22N2O2/c16-15(19)13-5-1-11(2-6-13)9-17-10-12-3-7-14(18)8-4-12/h1-2,5-6,12,14,17-18H,3-4,7-10H2,(H2,16,19). The molecule has 0 unspecified atom stereocenters. The third-order valence-electron chi connectivity index (χ3n) is 3.82. The van der Waals surface area contributed by atoms with Gasteiger partial charge in [0, 0.05) is 12.1 Å². The lowest BCUT2D eigenvalue weighted by Crippen LogP contribution is -2.27. The second kappa shape index (κ2) is 6.68. The van der Waals surface area contributed by atoms with Crippen LogP contribution < -0.4 is 11.1 Å². The predicted molar refractivity (Wildman–Crippen MR) is 74.6 cm³/mol. The Balaban J connectivity index is 1.72. The third-order valence-corrected chi connectivity index (χ3v) is 3.82. The average molecular weight is 262 g/mol. The van der Waals surface area contributed by atoms with E-state index in [0.29, 0.717) is 11.5 Å². The Bertz CT molecular complexity index is 409. The fourth-order valence-corrected chi connectivity index (χ4v) is 2.56. The lowest BCUT2D eigenvalue weighted by molar-refractivity contribution is 0.1000. The van der Waals surface area contributed by atoms with E-state index < -0.39 is 0 Å². The van der Waals surface area contributed by atoms with Crippen molar-refractivity contribution in [2.75, 3.05) is 6.54 Å². The molecule has 0 aromatic heterocycles. The number of nitrogens with two attached hydrogens (primary N) is 1. The van der Waals surface area contributed by atoms with Crippen molar-refractivity contribution in [3.05, 3.63) is 35.4 Å². The van der Waals surface area contributed by atoms with Gasteiger partial charge in [0.1, 0.15) is 0 Å². The highest BCUT2D eigenvalue weighted by Crippen LogP contribution is 2.23. The van der Waals surface area contributed by atoms with Crippen molar-refractivity contribution in [1.82, 2.24) is 5.32 Å². The Morgan fingerprint density at radius 2 is 1.84 bits per heavy atom. The molecule has 1 amide bonds. The number of primary amides is 1. The Labute approximate surface area is 114 Å². The third kappa shape index (κ3) is 4.33. The summed E-state index contributed by atoms with van der Waals surface area (Å²) in [6, 6.07) is 7.38. The van der Waals surface area contributed by atoms with Crippen molar-refractivity contribution < 1.29 is 9.90 Å². The lowest BCUT2D eigenvalue weighted by atomic mass is 9.87. The first kappa shape index (κ1) is 14.0. The summed E-state index contributed by atoms with van der Waals surface area (Å²) in [7, 11) is 0. The molecule has 4 nitrogen and oxygen atoms in total. The summed E-state index contributed by atoms with van der Waals surface area (Å²) in [5.74, 6) is 0.286. The summed E-state index contributed by atoms with van der Waals surface area (Å²) < 4.78 is 0. The first-order valence-electron chi connectivity index (χ1n) is 6.92. The number of rotatable bonds is 5. The molecule has 0 radical (unpaired) electrons. The normalized spacial score (nSPS) is 23.2. The number of hydrogen-bond acceptors (Lipinski definition) is 3. The lowest BCUT2D eigenvalue weighted by Gasteiger charge is -2.25. The number of benzene rings is 1. The zero-order valence-corrected chi connectivity index (χ0v) is 11.1. The van der Waals surface area contributed by atoms with Gasteiger partial charge in [0.2, 0.25) is 5.91 Å². The largest absolute Gasteiger partial charge is 0.393 e. The fraction of sp³-hybridized carbons (Fsp3) is 0.533. The van der Waals surface area contributed by atoms with E-state index in [1.54, 1.807) is 12.1 Å². The molecular weight excluding hydrogens is 240 g/mol. The topological polar surface area (TPSA) is 75.4 Å². The van der Waals surface area contributed by atoms with Crippen molar-refractivity contribution in [1.29, 1.82) is 0 Å². The number of hydrogen-bond donors (Lipinski definition) is 3. The zero-order valence-electron chi connectivity index (χ0n) is 11.1. The van der Waals surface area contributed by atoms with Gasteiger partial charge in [-0.3, -0.25) is 4.79 Å². The second-order valence-corrected chi connectivity index (χ2v) is 5.37. The highest BCUT2D eigenvalue weighted by Gasteiger charge is 2.18. The molecule has 4 N–H and O–H groups in total. The van der Waals surface area contributed by atoms with Crippen LogP contribution in [-0.2, 0) is 6.54 Å². The van der Waals surface area contributed by atoms with Gasteiger partial charge in [-0.2, -0.15) is 0 Å². The molecule has 1 fully saturated rings. The van der Waals surface area contributed by atoms with E-state index in [-0.39, 0.29) is 12.0 Å². The van der Waals surface area contributed by atoms with Crippen LogP contribution in [-0.4, -0.2) is 23.7 Å². The number of nitrogens with one attached hydrogen (secondary N) is 1. The van der Waals surface area contributed by atoms with Crippen LogP contribution in [0.4, 0.5) is 0 Å². The maximum Gasteiger partial charge on any atom is 0.248 e. The molecule has 1 aliphatic rings. The van der Waals surface area contributed by atoms with Crippen molar-refractivity contribution in [3.63, 3.8) is 0 Å². The zero-order chi connectivity index (χ0) is 13.7. The van der Waals surface area contributed by atoms with Gasteiger partial charge < -0.3 is 16.2 Å². The van der Waals surface area contributed by atoms with Crippen LogP contribution in [0.2, 0.25) is 0 Å². The molecule has 0 bridgehead atoms. The summed E-state index contributed by atoms with van der Waals surface area (Å²) in [6.07, 6.45) is 3.99. The molecule has 104 valence electrons. The van der Waals surface area contributed by atoms with Gasteiger partial charge >= 0.3 is 0 Å². The molecule has 0 saturated heterocycles. The summed E-state index contributed by atoms with van der Waals surface area (Å²) in [5, 5.41) is 12.9. The Morgan fingerprint density at radius 1 is 1.21 bits per heavy atom. The minimum Gasteiger partial charge on any atom is -0.393 e. The molecule has 0 heterocycles. The smallest absolute Gasteiger partial charge is 0.248 e. The van der Waals surface area contributed by atoms with Crippen molar-refractivity contribution in [2.24, 2.45) is 11.7 Å². The summed E-state index contributed by atoms with van der Waals surface area (Å²) in [6.45, 7) is 1.79. The molecule has 2 rings (SSSR count). The van der Waals surface area contributed by atoms with E-state index in [4.69, 9.17) is 5.73 Å². The number of aliphatic hydroxyl groups excluding tert-OH is 1. The Hall–Kier alpha value is -1.39. The quantitative estimate of drug-likeness (QED) is 0.751. The van der Waals surface area contributed by atoms with E-state index >= 15 is 0 Å². The molecule has 1 saturated carbocycles. The summed E-state index contributed by atoms with van der Waals surface area (Å²) in [5.41, 5.74) is 6.90. The maximum atomic E-state index is 10.9. The first-order valence-corrected chi connectivity index (χ1v) is 6.92. The van der Waals surface area contributed by atoms with E-state index in [2.05, 4.69) is 5.32 Å². The monoisotopic (exact) mass is 262 g/mol. The van der Waals surface area contributed by atoms with E-state index in [9.17, 15) is 9.90 Å². The molecule has 4 heteroatoms. The maximum absolute atomic E-state index is 10.9. The first-order chi connectivity index (χ1) is 9.15. The molecule has 1 aromatic rings. The van der Waals surface area contributed by atoms with Crippen LogP contribution in [0.5, 0.6) is 0 Å². The summed E-state index contributed by atoms with van der Waals surface area (Å²) >= 11 is 0. The van der Waals surface area contributed by atoms with Gasteiger partial charge in [0.15, 0.2) is 0 Å². The second-order valence-electron chi connectivity index (χ2n) is 5.37. The highest BCUT2D eigenvalue weighted by molar-refractivity contribution is 5.92. The summed E-state index contributed by atoms with van der Waals surface area (Å²) in [4.78, 5) is 10.9. The molecule has 1 aromatic carbocycles. The average Bonchev–Trinajstić information content (AvgIpc) is 2.41. The molecule has 0 spiro atoms. The molecular formula is C15H22N2O2. The van der Waals surface area contributed by atoms with Crippen LogP contribution in [0.15, 0.2) is 24.3 Å². The Kier molecular flexibility index (Phi) is 4.93. The van der Waals surface area contributed by atoms with E-state index in [1.807, 2.05) is 12.1 Å². The van der Waals surface area contributed by atoms with Crippen LogP contribution in [0, 0.1) is 5.92 Å². The number of amides is 1. The number of carbonyl (C=O) groups excluding carboxylic acids is 1. The van der Waals surface area contributed by atoms with Crippen molar-refractivity contribution >= 4 is 5.91 Å². The van der Waals surface area contributed by atoms with Gasteiger partial charge in [-0.1, -0.05) is 12.1 Å². The molecule has 1 aliphatic carbocycles. The van der Waals surface area contributed by atoms with Crippen LogP contribution in [0.1, 0.15) is 41.6 Å². The van der Waals surface area contributed by atoms with Gasteiger partial charge in [-0.15, -0.1) is 0 Å². The van der Waals surface area contributed by atoms with Gasteiger partial charge in [-0.25, -0.2) is 0 Å². The van der Waals surface area contributed by atoms with Crippen LogP contribution in [0.3, 0.4) is 0 Å².